The highest BCUT2D eigenvalue weighted by Gasteiger charge is 2.05. The lowest BCUT2D eigenvalue weighted by molar-refractivity contribution is 0.602. The molecule has 0 aliphatic heterocycles. The van der Waals surface area contributed by atoms with Crippen molar-refractivity contribution in [2.45, 2.75) is 11.4 Å². The Morgan fingerprint density at radius 1 is 1.17 bits per heavy atom. The number of sulfone groups is 1. The minimum atomic E-state index is -3.12. The maximum absolute atomic E-state index is 11.3. The van der Waals surface area contributed by atoms with Gasteiger partial charge in [0.1, 0.15) is 0 Å². The third-order valence-corrected chi connectivity index (χ3v) is 3.94. The van der Waals surface area contributed by atoms with Crippen LogP contribution in [0.3, 0.4) is 0 Å². The van der Waals surface area contributed by atoms with Crippen molar-refractivity contribution in [1.29, 1.82) is 0 Å². The first kappa shape index (κ1) is 12.7. The number of aromatic nitrogens is 1. The molecule has 2 aromatic rings. The molecule has 0 radical (unpaired) electrons. The van der Waals surface area contributed by atoms with Crippen molar-refractivity contribution in [3.05, 3.63) is 48.3 Å². The summed E-state index contributed by atoms with van der Waals surface area (Å²) in [6, 6.07) is 10.8. The van der Waals surface area contributed by atoms with E-state index in [9.17, 15) is 8.42 Å². The molecule has 0 aliphatic rings. The maximum Gasteiger partial charge on any atom is 0.175 e. The molecule has 1 N–H and O–H groups in total. The smallest absolute Gasteiger partial charge is 0.175 e. The summed E-state index contributed by atoms with van der Waals surface area (Å²) in [7, 11) is -1.13. The molecule has 0 aliphatic carbocycles. The van der Waals surface area contributed by atoms with Gasteiger partial charge in [-0.25, -0.2) is 8.42 Å². The van der Waals surface area contributed by atoms with E-state index < -0.39 is 9.84 Å². The van der Waals surface area contributed by atoms with Crippen LogP contribution >= 0.6 is 0 Å². The van der Waals surface area contributed by atoms with Crippen LogP contribution in [0.4, 0.5) is 5.69 Å². The molecular weight excluding hydrogens is 248 g/mol. The van der Waals surface area contributed by atoms with Crippen LogP contribution in [0, 0.1) is 0 Å². The summed E-state index contributed by atoms with van der Waals surface area (Å²) in [5, 5.41) is 3.25. The van der Waals surface area contributed by atoms with Gasteiger partial charge < -0.3 is 9.88 Å². The van der Waals surface area contributed by atoms with Crippen LogP contribution in [0.25, 0.3) is 0 Å². The topological polar surface area (TPSA) is 51.1 Å². The molecule has 0 saturated carbocycles. The van der Waals surface area contributed by atoms with Crippen LogP contribution in [-0.4, -0.2) is 19.2 Å². The molecule has 0 saturated heterocycles. The summed E-state index contributed by atoms with van der Waals surface area (Å²) >= 11 is 0. The fourth-order valence-corrected chi connectivity index (χ4v) is 2.32. The first-order valence-electron chi connectivity index (χ1n) is 5.61. The number of nitrogens with zero attached hydrogens (tertiary/aromatic N) is 1. The fourth-order valence-electron chi connectivity index (χ4n) is 1.69. The molecule has 0 bridgehead atoms. The highest BCUT2D eigenvalue weighted by atomic mass is 32.2. The standard InChI is InChI=1S/C13H16N2O2S/c1-15-9-3-4-12(15)10-14-11-5-7-13(8-6-11)18(2,16)17/h3-9,14H,10H2,1-2H3. The zero-order chi connectivity index (χ0) is 13.2. The molecule has 0 unspecified atom stereocenters. The summed E-state index contributed by atoms with van der Waals surface area (Å²) in [5.74, 6) is 0. The predicted octanol–water partition coefficient (Wildman–Crippen LogP) is 2.04. The molecular formula is C13H16N2O2S. The fraction of sp³-hybridized carbons (Fsp3) is 0.231. The Labute approximate surface area is 107 Å². The van der Waals surface area contributed by atoms with Crippen LogP contribution in [0.2, 0.25) is 0 Å². The SMILES string of the molecule is Cn1cccc1CNc1ccc(S(C)(=O)=O)cc1. The van der Waals surface area contributed by atoms with Gasteiger partial charge in [0.25, 0.3) is 0 Å². The van der Waals surface area contributed by atoms with Crippen LogP contribution in [-0.2, 0) is 23.4 Å². The summed E-state index contributed by atoms with van der Waals surface area (Å²) < 4.78 is 24.7. The molecule has 1 aromatic heterocycles. The van der Waals surface area contributed by atoms with Crippen LogP contribution in [0.5, 0.6) is 0 Å². The predicted molar refractivity (Wildman–Crippen MR) is 72.3 cm³/mol. The van der Waals surface area contributed by atoms with Gasteiger partial charge in [0, 0.05) is 30.9 Å². The van der Waals surface area contributed by atoms with Gasteiger partial charge in [-0.3, -0.25) is 0 Å². The van der Waals surface area contributed by atoms with E-state index in [1.807, 2.05) is 29.9 Å². The minimum absolute atomic E-state index is 0.340. The van der Waals surface area contributed by atoms with Gasteiger partial charge >= 0.3 is 0 Å². The largest absolute Gasteiger partial charge is 0.379 e. The number of nitrogens with one attached hydrogen (secondary N) is 1. The maximum atomic E-state index is 11.3. The number of aryl methyl sites for hydroxylation is 1. The number of benzene rings is 1. The van der Waals surface area contributed by atoms with Gasteiger partial charge in [-0.1, -0.05) is 0 Å². The number of hydrogen-bond acceptors (Lipinski definition) is 3. The number of anilines is 1. The zero-order valence-electron chi connectivity index (χ0n) is 10.4. The van der Waals surface area contributed by atoms with Gasteiger partial charge in [-0.05, 0) is 36.4 Å². The Morgan fingerprint density at radius 2 is 1.83 bits per heavy atom. The van der Waals surface area contributed by atoms with Gasteiger partial charge in [-0.15, -0.1) is 0 Å². The average Bonchev–Trinajstić information content (AvgIpc) is 2.72. The van der Waals surface area contributed by atoms with Crippen molar-refractivity contribution in [2.75, 3.05) is 11.6 Å². The van der Waals surface area contributed by atoms with E-state index in [1.165, 1.54) is 11.9 Å². The molecule has 2 rings (SSSR count). The molecule has 96 valence electrons. The van der Waals surface area contributed by atoms with E-state index in [-0.39, 0.29) is 0 Å². The van der Waals surface area contributed by atoms with Crippen molar-refractivity contribution in [3.8, 4) is 0 Å². The molecule has 1 aromatic carbocycles. The van der Waals surface area contributed by atoms with Crippen molar-refractivity contribution < 1.29 is 8.42 Å². The normalized spacial score (nSPS) is 11.4. The van der Waals surface area contributed by atoms with E-state index >= 15 is 0 Å². The van der Waals surface area contributed by atoms with Crippen LogP contribution in [0.1, 0.15) is 5.69 Å². The third kappa shape index (κ3) is 2.92. The third-order valence-electron chi connectivity index (χ3n) is 2.81. The highest BCUT2D eigenvalue weighted by molar-refractivity contribution is 7.90. The monoisotopic (exact) mass is 264 g/mol. The Hall–Kier alpha value is -1.75. The first-order valence-corrected chi connectivity index (χ1v) is 7.50. The van der Waals surface area contributed by atoms with E-state index in [2.05, 4.69) is 5.32 Å². The number of hydrogen-bond donors (Lipinski definition) is 1. The van der Waals surface area contributed by atoms with Gasteiger partial charge in [-0.2, -0.15) is 0 Å². The lowest BCUT2D eigenvalue weighted by Gasteiger charge is -2.08. The molecule has 0 fully saturated rings. The Balaban J connectivity index is 2.05. The van der Waals surface area contributed by atoms with Crippen molar-refractivity contribution in [3.63, 3.8) is 0 Å². The first-order chi connectivity index (χ1) is 8.47. The van der Waals surface area contributed by atoms with E-state index in [0.717, 1.165) is 5.69 Å². The second-order valence-corrected chi connectivity index (χ2v) is 6.28. The molecule has 1 heterocycles. The second kappa shape index (κ2) is 4.86. The Morgan fingerprint density at radius 3 is 2.33 bits per heavy atom. The number of rotatable bonds is 4. The minimum Gasteiger partial charge on any atom is -0.379 e. The van der Waals surface area contributed by atoms with E-state index in [0.29, 0.717) is 11.4 Å². The molecule has 18 heavy (non-hydrogen) atoms. The lowest BCUT2D eigenvalue weighted by Crippen LogP contribution is -2.04. The van der Waals surface area contributed by atoms with E-state index in [4.69, 9.17) is 0 Å². The van der Waals surface area contributed by atoms with Gasteiger partial charge in [0.05, 0.1) is 11.4 Å². The van der Waals surface area contributed by atoms with Crippen molar-refractivity contribution >= 4 is 15.5 Å². The van der Waals surface area contributed by atoms with E-state index in [1.54, 1.807) is 24.3 Å². The molecule has 0 amide bonds. The molecule has 5 heteroatoms. The van der Waals surface area contributed by atoms with Crippen molar-refractivity contribution in [1.82, 2.24) is 4.57 Å². The second-order valence-electron chi connectivity index (χ2n) is 4.26. The summed E-state index contributed by atoms with van der Waals surface area (Å²) in [4.78, 5) is 0.340. The van der Waals surface area contributed by atoms with Crippen molar-refractivity contribution in [2.24, 2.45) is 7.05 Å². The van der Waals surface area contributed by atoms with Gasteiger partial charge in [0.15, 0.2) is 9.84 Å². The average molecular weight is 264 g/mol. The zero-order valence-corrected chi connectivity index (χ0v) is 11.2. The van der Waals surface area contributed by atoms with Crippen LogP contribution in [0.15, 0.2) is 47.5 Å². The van der Waals surface area contributed by atoms with Gasteiger partial charge in [0.2, 0.25) is 0 Å². The Bertz CT molecular complexity index is 627. The van der Waals surface area contributed by atoms with Crippen LogP contribution < -0.4 is 5.32 Å². The summed E-state index contributed by atoms with van der Waals surface area (Å²) in [6.45, 7) is 0.710. The molecule has 0 atom stereocenters. The summed E-state index contributed by atoms with van der Waals surface area (Å²) in [5.41, 5.74) is 2.07. The lowest BCUT2D eigenvalue weighted by atomic mass is 10.3. The highest BCUT2D eigenvalue weighted by Crippen LogP contribution is 2.14. The molecule has 4 nitrogen and oxygen atoms in total. The quantitative estimate of drug-likeness (QED) is 0.919. The molecule has 0 spiro atoms. The summed E-state index contributed by atoms with van der Waals surface area (Å²) in [6.07, 6.45) is 3.20. The Kier molecular flexibility index (Phi) is 3.43.